The predicted octanol–water partition coefficient (Wildman–Crippen LogP) is 5.04. The van der Waals surface area contributed by atoms with Gasteiger partial charge in [-0.2, -0.15) is 0 Å². The van der Waals surface area contributed by atoms with Gasteiger partial charge in [0.15, 0.2) is 11.0 Å². The lowest BCUT2D eigenvalue weighted by Crippen LogP contribution is -2.26. The monoisotopic (exact) mass is 348 g/mol. The van der Waals surface area contributed by atoms with Gasteiger partial charge in [0.05, 0.1) is 8.43 Å². The van der Waals surface area contributed by atoms with Gasteiger partial charge in [-0.15, -0.1) is 0 Å². The average molecular weight is 349 g/mol. The molecule has 0 amide bonds. The highest BCUT2D eigenvalue weighted by molar-refractivity contribution is 6.29. The van der Waals surface area contributed by atoms with Gasteiger partial charge in [-0.25, -0.2) is 9.37 Å². The number of aromatic nitrogens is 2. The molecule has 2 aromatic rings. The molecule has 0 N–H and O–H groups in total. The van der Waals surface area contributed by atoms with Crippen LogP contribution < -0.4 is 4.90 Å². The van der Waals surface area contributed by atoms with Crippen molar-refractivity contribution in [3.63, 3.8) is 0 Å². The van der Waals surface area contributed by atoms with Crippen molar-refractivity contribution < 1.29 is 7.13 Å². The lowest BCUT2D eigenvalue weighted by Gasteiger charge is -2.32. The van der Waals surface area contributed by atoms with E-state index >= 15 is 0 Å². The molecule has 6 heteroatoms. The lowest BCUT2D eigenvalue weighted by molar-refractivity contribution is 0.621. The van der Waals surface area contributed by atoms with E-state index in [1.54, 1.807) is 17.3 Å². The summed E-state index contributed by atoms with van der Waals surface area (Å²) in [7, 11) is 0. The molecule has 126 valence electrons. The van der Waals surface area contributed by atoms with Gasteiger partial charge in [-0.05, 0) is 29.0 Å². The molecular formula is C18H20ClFN4. The molecule has 24 heavy (non-hydrogen) atoms. The quantitative estimate of drug-likeness (QED) is 0.729. The van der Waals surface area contributed by atoms with Crippen molar-refractivity contribution in [2.24, 2.45) is 4.99 Å². The van der Waals surface area contributed by atoms with Crippen molar-refractivity contribution >= 4 is 29.3 Å². The van der Waals surface area contributed by atoms with Crippen molar-refractivity contribution in [3.05, 3.63) is 46.1 Å². The van der Waals surface area contributed by atoms with Crippen LogP contribution in [0.2, 0.25) is 5.15 Å². The third-order valence-corrected chi connectivity index (χ3v) is 4.22. The van der Waals surface area contributed by atoms with Crippen LogP contribution in [0.1, 0.15) is 59.0 Å². The average Bonchev–Trinajstić information content (AvgIpc) is 2.56. The number of aliphatic imine (C=N–C) groups is 1. The topological polar surface area (TPSA) is 41.4 Å². The molecule has 1 atom stereocenters. The van der Waals surface area contributed by atoms with Crippen LogP contribution in [0.5, 0.6) is 0 Å². The number of pyridine rings is 2. The summed E-state index contributed by atoms with van der Waals surface area (Å²) in [5.74, 6) is -0.156. The van der Waals surface area contributed by atoms with E-state index in [0.717, 1.165) is 22.9 Å². The number of hydrogen-bond acceptors (Lipinski definition) is 4. The van der Waals surface area contributed by atoms with Crippen LogP contribution >= 0.6 is 11.6 Å². The highest BCUT2D eigenvalue weighted by Crippen LogP contribution is 2.40. The molecule has 0 saturated carbocycles. The van der Waals surface area contributed by atoms with Crippen molar-refractivity contribution in [1.82, 2.24) is 9.97 Å². The second kappa shape index (κ2) is 6.48. The molecule has 0 radical (unpaired) electrons. The normalized spacial score (nSPS) is 18.4. The Balaban J connectivity index is 2.33. The third kappa shape index (κ3) is 2.88. The van der Waals surface area contributed by atoms with Gasteiger partial charge in [0.1, 0.15) is 12.5 Å². The molecule has 0 saturated heterocycles. The summed E-state index contributed by atoms with van der Waals surface area (Å²) in [5.41, 5.74) is 2.87. The largest absolute Gasteiger partial charge is 0.305 e. The van der Waals surface area contributed by atoms with Crippen LogP contribution in [-0.2, 0) is 0 Å². The number of fused-ring (bicyclic) bond motifs is 1. The first-order chi connectivity index (χ1) is 12.2. The zero-order chi connectivity index (χ0) is 19.2. The second-order valence-electron chi connectivity index (χ2n) is 6.33. The van der Waals surface area contributed by atoms with Crippen LogP contribution in [0.3, 0.4) is 0 Å². The molecule has 0 spiro atoms. The van der Waals surface area contributed by atoms with Gasteiger partial charge < -0.3 is 4.90 Å². The molecule has 0 aromatic carbocycles. The minimum absolute atomic E-state index is 0.143. The standard InChI is InChI=1S/C18H20ClFN4/c1-10(2)13-7-21-8-14(11(3)4)16(13)24-9-22-6-12-5-15(20)17(19)23-18(12)24/h5-8,10-11H,9H2,1-4H3/i6D,9D. The fraction of sp³-hybridized carbons (Fsp3) is 0.389. The Morgan fingerprint density at radius 1 is 1.25 bits per heavy atom. The Labute approximate surface area is 149 Å². The van der Waals surface area contributed by atoms with Gasteiger partial charge in [-0.3, -0.25) is 9.98 Å². The second-order valence-corrected chi connectivity index (χ2v) is 6.69. The lowest BCUT2D eigenvalue weighted by atomic mass is 9.94. The molecule has 0 fully saturated rings. The Morgan fingerprint density at radius 2 is 1.88 bits per heavy atom. The zero-order valence-corrected chi connectivity index (χ0v) is 14.8. The summed E-state index contributed by atoms with van der Waals surface area (Å²) in [6, 6.07) is 1.15. The maximum atomic E-state index is 13.9. The first-order valence-corrected chi connectivity index (χ1v) is 8.20. The number of halogens is 2. The molecule has 2 aromatic heterocycles. The van der Waals surface area contributed by atoms with Gasteiger partial charge in [0.25, 0.3) is 0 Å². The number of hydrogen-bond donors (Lipinski definition) is 0. The van der Waals surface area contributed by atoms with Crippen LogP contribution in [0.4, 0.5) is 15.9 Å². The number of anilines is 2. The van der Waals surface area contributed by atoms with E-state index in [1.807, 2.05) is 27.7 Å². The predicted molar refractivity (Wildman–Crippen MR) is 96.2 cm³/mol. The van der Waals surface area contributed by atoms with E-state index in [0.29, 0.717) is 0 Å². The van der Waals surface area contributed by atoms with Crippen LogP contribution in [0, 0.1) is 5.82 Å². The first kappa shape index (κ1) is 14.3. The van der Waals surface area contributed by atoms with Crippen LogP contribution in [0.15, 0.2) is 23.5 Å². The van der Waals surface area contributed by atoms with E-state index in [9.17, 15) is 4.39 Å². The van der Waals surface area contributed by atoms with E-state index in [4.69, 9.17) is 14.3 Å². The first-order valence-electron chi connectivity index (χ1n) is 8.90. The van der Waals surface area contributed by atoms with Gasteiger partial charge in [0, 0.05) is 24.1 Å². The molecule has 0 bridgehead atoms. The van der Waals surface area contributed by atoms with E-state index in [1.165, 1.54) is 0 Å². The van der Waals surface area contributed by atoms with Crippen molar-refractivity contribution in [2.75, 3.05) is 11.5 Å². The maximum absolute atomic E-state index is 13.9. The zero-order valence-electron chi connectivity index (χ0n) is 16.0. The summed E-state index contributed by atoms with van der Waals surface area (Å²) < 4.78 is 30.4. The minimum Gasteiger partial charge on any atom is -0.305 e. The molecule has 1 unspecified atom stereocenters. The molecule has 3 heterocycles. The highest BCUT2D eigenvalue weighted by Gasteiger charge is 2.26. The Morgan fingerprint density at radius 3 is 2.46 bits per heavy atom. The molecule has 0 aliphatic carbocycles. The molecule has 1 aliphatic rings. The molecule has 4 nitrogen and oxygen atoms in total. The molecular weight excluding hydrogens is 327 g/mol. The van der Waals surface area contributed by atoms with Gasteiger partial charge >= 0.3 is 0 Å². The Bertz CT molecular complexity index is 859. The van der Waals surface area contributed by atoms with Crippen molar-refractivity contribution in [2.45, 2.75) is 39.5 Å². The van der Waals surface area contributed by atoms with Gasteiger partial charge in [-0.1, -0.05) is 39.3 Å². The van der Waals surface area contributed by atoms with Crippen molar-refractivity contribution in [3.8, 4) is 0 Å². The number of rotatable bonds is 3. The SMILES string of the molecule is [2H]C1=NC([2H])N(c2c(C(C)C)cncc2C(C)C)c2nc(Cl)c(F)cc21. The highest BCUT2D eigenvalue weighted by atomic mass is 35.5. The fourth-order valence-corrected chi connectivity index (χ4v) is 2.84. The van der Waals surface area contributed by atoms with E-state index in [2.05, 4.69) is 15.0 Å². The number of nitrogens with zero attached hydrogens (tertiary/aromatic N) is 4. The Hall–Kier alpha value is -2.01. The maximum Gasteiger partial charge on any atom is 0.167 e. The minimum atomic E-state index is -1.11. The molecule has 3 rings (SSSR count). The summed E-state index contributed by atoms with van der Waals surface area (Å²) in [6.07, 6.45) is 3.36. The fourth-order valence-electron chi connectivity index (χ4n) is 2.71. The van der Waals surface area contributed by atoms with E-state index < -0.39 is 12.5 Å². The van der Waals surface area contributed by atoms with Crippen LogP contribution in [0.25, 0.3) is 0 Å². The van der Waals surface area contributed by atoms with Crippen LogP contribution in [-0.4, -0.2) is 22.8 Å². The smallest absolute Gasteiger partial charge is 0.167 e. The summed E-state index contributed by atoms with van der Waals surface area (Å²) in [5, 5.41) is -0.290. The summed E-state index contributed by atoms with van der Waals surface area (Å²) >= 11 is 5.91. The third-order valence-electron chi connectivity index (χ3n) is 3.96. The van der Waals surface area contributed by atoms with Gasteiger partial charge in [0.2, 0.25) is 0 Å². The molecule has 1 aliphatic heterocycles. The van der Waals surface area contributed by atoms with E-state index in [-0.39, 0.29) is 34.6 Å². The van der Waals surface area contributed by atoms with Crippen molar-refractivity contribution in [1.29, 1.82) is 0 Å². The summed E-state index contributed by atoms with van der Waals surface area (Å²) in [6.45, 7) is 7.05. The Kier molecular flexibility index (Phi) is 3.87. The summed E-state index contributed by atoms with van der Waals surface area (Å²) in [4.78, 5) is 14.2.